The number of carboxylic acid groups (broad SMARTS) is 1. The van der Waals surface area contributed by atoms with Gasteiger partial charge in [0.2, 0.25) is 0 Å². The second-order valence-corrected chi connectivity index (χ2v) is 7.36. The average Bonchev–Trinajstić information content (AvgIpc) is 3.24. The van der Waals surface area contributed by atoms with E-state index < -0.39 is 12.0 Å². The number of halogens is 1. The van der Waals surface area contributed by atoms with Gasteiger partial charge in [0.05, 0.1) is 5.69 Å². The number of hydrogen-bond acceptors (Lipinski definition) is 3. The van der Waals surface area contributed by atoms with Gasteiger partial charge < -0.3 is 10.0 Å². The average molecular weight is 407 g/mol. The third-order valence-electron chi connectivity index (χ3n) is 5.17. The van der Waals surface area contributed by atoms with Crippen LogP contribution in [0, 0.1) is 0 Å². The lowest BCUT2D eigenvalue weighted by atomic mass is 9.94. The lowest BCUT2D eigenvalue weighted by Gasteiger charge is -2.22. The molecule has 1 amide bonds. The Morgan fingerprint density at radius 1 is 1.00 bits per heavy atom. The van der Waals surface area contributed by atoms with Gasteiger partial charge >= 0.3 is 5.97 Å². The summed E-state index contributed by atoms with van der Waals surface area (Å²) in [6.07, 6.45) is 2.88. The van der Waals surface area contributed by atoms with Gasteiger partial charge in [0.1, 0.15) is 6.04 Å². The van der Waals surface area contributed by atoms with Crippen molar-refractivity contribution < 1.29 is 14.7 Å². The Morgan fingerprint density at radius 3 is 2.52 bits per heavy atom. The summed E-state index contributed by atoms with van der Waals surface area (Å²) in [5, 5.41) is 9.99. The summed E-state index contributed by atoms with van der Waals surface area (Å²) in [7, 11) is 0. The van der Waals surface area contributed by atoms with Crippen LogP contribution >= 0.6 is 11.6 Å². The zero-order chi connectivity index (χ0) is 20.4. The molecule has 1 unspecified atom stereocenters. The number of aliphatic carboxylic acids is 1. The molecule has 4 rings (SSSR count). The number of pyridine rings is 1. The highest BCUT2D eigenvalue weighted by Gasteiger charge is 2.34. The summed E-state index contributed by atoms with van der Waals surface area (Å²) in [5.74, 6) is -1.25. The molecule has 1 aliphatic rings. The summed E-state index contributed by atoms with van der Waals surface area (Å²) in [5.41, 5.74) is 3.64. The number of nitrogens with zero attached hydrogens (tertiary/aromatic N) is 2. The molecule has 1 fully saturated rings. The molecule has 1 N–H and O–H groups in total. The SMILES string of the molecule is O=C(O)C1CCCN1C(=O)c1ccc(-c2ccccn2)c(-c2ccccc2Cl)c1. The Morgan fingerprint density at radius 2 is 1.79 bits per heavy atom. The van der Waals surface area contributed by atoms with E-state index in [4.69, 9.17) is 11.6 Å². The van der Waals surface area contributed by atoms with Gasteiger partial charge in [0.25, 0.3) is 5.91 Å². The van der Waals surface area contributed by atoms with E-state index >= 15 is 0 Å². The molecule has 0 aliphatic carbocycles. The monoisotopic (exact) mass is 406 g/mol. The Balaban J connectivity index is 1.82. The van der Waals surface area contributed by atoms with Gasteiger partial charge in [-0.05, 0) is 48.7 Å². The van der Waals surface area contributed by atoms with Crippen molar-refractivity contribution in [1.29, 1.82) is 0 Å². The Kier molecular flexibility index (Phi) is 5.32. The summed E-state index contributed by atoms with van der Waals surface area (Å²) >= 11 is 6.45. The van der Waals surface area contributed by atoms with Crippen LogP contribution in [0.2, 0.25) is 5.02 Å². The number of rotatable bonds is 4. The number of hydrogen-bond donors (Lipinski definition) is 1. The maximum Gasteiger partial charge on any atom is 0.326 e. The van der Waals surface area contributed by atoms with Crippen LogP contribution in [0.15, 0.2) is 66.9 Å². The molecular formula is C23H19ClN2O3. The highest BCUT2D eigenvalue weighted by atomic mass is 35.5. The molecule has 1 aromatic heterocycles. The fourth-order valence-electron chi connectivity index (χ4n) is 3.76. The van der Waals surface area contributed by atoms with Gasteiger partial charge in [-0.2, -0.15) is 0 Å². The summed E-state index contributed by atoms with van der Waals surface area (Å²) in [6, 6.07) is 17.7. The van der Waals surface area contributed by atoms with Gasteiger partial charge in [0, 0.05) is 34.5 Å². The normalized spacial score (nSPS) is 16.0. The van der Waals surface area contributed by atoms with Crippen molar-refractivity contribution in [2.45, 2.75) is 18.9 Å². The molecular weight excluding hydrogens is 388 g/mol. The van der Waals surface area contributed by atoms with E-state index in [-0.39, 0.29) is 5.91 Å². The van der Waals surface area contributed by atoms with Crippen LogP contribution in [0.1, 0.15) is 23.2 Å². The molecule has 1 saturated heterocycles. The lowest BCUT2D eigenvalue weighted by Crippen LogP contribution is -2.40. The number of aromatic nitrogens is 1. The first-order valence-corrected chi connectivity index (χ1v) is 9.78. The van der Waals surface area contributed by atoms with Crippen molar-refractivity contribution >= 4 is 23.5 Å². The molecule has 6 heteroatoms. The van der Waals surface area contributed by atoms with E-state index in [1.807, 2.05) is 42.5 Å². The number of carbonyl (C=O) groups is 2. The number of carboxylic acids is 1. The largest absolute Gasteiger partial charge is 0.480 e. The molecule has 29 heavy (non-hydrogen) atoms. The van der Waals surface area contributed by atoms with E-state index in [0.29, 0.717) is 30.0 Å². The molecule has 3 aromatic rings. The van der Waals surface area contributed by atoms with E-state index in [9.17, 15) is 14.7 Å². The molecule has 0 bridgehead atoms. The van der Waals surface area contributed by atoms with Crippen LogP contribution < -0.4 is 0 Å². The van der Waals surface area contributed by atoms with Crippen molar-refractivity contribution in [2.24, 2.45) is 0 Å². The smallest absolute Gasteiger partial charge is 0.326 e. The molecule has 2 heterocycles. The number of amides is 1. The van der Waals surface area contributed by atoms with Gasteiger partial charge in [-0.15, -0.1) is 0 Å². The van der Waals surface area contributed by atoms with Gasteiger partial charge in [-0.25, -0.2) is 4.79 Å². The quantitative estimate of drug-likeness (QED) is 0.678. The first-order chi connectivity index (χ1) is 14.1. The Bertz CT molecular complexity index is 1070. The highest BCUT2D eigenvalue weighted by Crippen LogP contribution is 2.36. The molecule has 0 spiro atoms. The molecule has 1 atom stereocenters. The molecule has 0 radical (unpaired) electrons. The predicted molar refractivity (Wildman–Crippen MR) is 112 cm³/mol. The van der Waals surface area contributed by atoms with E-state index in [1.165, 1.54) is 4.90 Å². The van der Waals surface area contributed by atoms with Gasteiger partial charge in [-0.1, -0.05) is 41.9 Å². The van der Waals surface area contributed by atoms with Gasteiger partial charge in [0.15, 0.2) is 0 Å². The third-order valence-corrected chi connectivity index (χ3v) is 5.50. The fraction of sp³-hybridized carbons (Fsp3) is 0.174. The lowest BCUT2D eigenvalue weighted by molar-refractivity contribution is -0.141. The molecule has 1 aliphatic heterocycles. The van der Waals surface area contributed by atoms with E-state index in [2.05, 4.69) is 4.98 Å². The van der Waals surface area contributed by atoms with E-state index in [1.54, 1.807) is 24.4 Å². The summed E-state index contributed by atoms with van der Waals surface area (Å²) in [6.45, 7) is 0.444. The second-order valence-electron chi connectivity index (χ2n) is 6.95. The summed E-state index contributed by atoms with van der Waals surface area (Å²) in [4.78, 5) is 30.5. The minimum absolute atomic E-state index is 0.282. The van der Waals surface area contributed by atoms with Crippen LogP contribution in [-0.2, 0) is 4.79 Å². The molecule has 2 aromatic carbocycles. The maximum absolute atomic E-state index is 13.1. The van der Waals surface area contributed by atoms with Gasteiger partial charge in [-0.3, -0.25) is 9.78 Å². The van der Waals surface area contributed by atoms with Crippen LogP contribution in [0.25, 0.3) is 22.4 Å². The van der Waals surface area contributed by atoms with Crippen molar-refractivity contribution in [2.75, 3.05) is 6.54 Å². The Labute approximate surface area is 173 Å². The van der Waals surface area contributed by atoms with E-state index in [0.717, 1.165) is 22.4 Å². The van der Waals surface area contributed by atoms with Crippen LogP contribution in [0.3, 0.4) is 0 Å². The van der Waals surface area contributed by atoms with Crippen molar-refractivity contribution in [3.05, 3.63) is 77.4 Å². The standard InChI is InChI=1S/C23H19ClN2O3/c24-19-7-2-1-6-16(19)18-14-15(10-11-17(18)20-8-3-4-12-25-20)22(27)26-13-5-9-21(26)23(28)29/h1-4,6-8,10-12,14,21H,5,9,13H2,(H,28,29). The Hall–Kier alpha value is -3.18. The van der Waals surface area contributed by atoms with Crippen molar-refractivity contribution in [3.63, 3.8) is 0 Å². The molecule has 0 saturated carbocycles. The zero-order valence-corrected chi connectivity index (χ0v) is 16.3. The number of likely N-dealkylation sites (tertiary alicyclic amines) is 1. The zero-order valence-electron chi connectivity index (χ0n) is 15.6. The minimum atomic E-state index is -0.965. The number of benzene rings is 2. The maximum atomic E-state index is 13.1. The first kappa shape index (κ1) is 19.2. The highest BCUT2D eigenvalue weighted by molar-refractivity contribution is 6.33. The molecule has 146 valence electrons. The van der Waals surface area contributed by atoms with Crippen LogP contribution in [0.5, 0.6) is 0 Å². The third kappa shape index (κ3) is 3.74. The van der Waals surface area contributed by atoms with Crippen molar-refractivity contribution in [1.82, 2.24) is 9.88 Å². The topological polar surface area (TPSA) is 70.5 Å². The predicted octanol–water partition coefficient (Wildman–Crippen LogP) is 4.76. The second kappa shape index (κ2) is 8.05. The number of carbonyl (C=O) groups excluding carboxylic acids is 1. The van der Waals surface area contributed by atoms with Crippen molar-refractivity contribution in [3.8, 4) is 22.4 Å². The minimum Gasteiger partial charge on any atom is -0.480 e. The van der Waals surface area contributed by atoms with Crippen LogP contribution in [-0.4, -0.2) is 39.5 Å². The van der Waals surface area contributed by atoms with Crippen LogP contribution in [0.4, 0.5) is 0 Å². The fourth-order valence-corrected chi connectivity index (χ4v) is 4.00. The summed E-state index contributed by atoms with van der Waals surface area (Å²) < 4.78 is 0. The first-order valence-electron chi connectivity index (χ1n) is 9.40. The molecule has 5 nitrogen and oxygen atoms in total.